The van der Waals surface area contributed by atoms with Gasteiger partial charge in [0.05, 0.1) is 5.56 Å². The monoisotopic (exact) mass is 305 g/mol. The van der Waals surface area contributed by atoms with Crippen LogP contribution in [0.1, 0.15) is 55.3 Å². The van der Waals surface area contributed by atoms with Crippen LogP contribution < -0.4 is 5.73 Å². The van der Waals surface area contributed by atoms with E-state index in [1.54, 1.807) is 11.8 Å². The molecule has 1 fully saturated rings. The van der Waals surface area contributed by atoms with Gasteiger partial charge in [0, 0.05) is 11.4 Å². The van der Waals surface area contributed by atoms with E-state index < -0.39 is 0 Å². The van der Waals surface area contributed by atoms with Crippen molar-refractivity contribution in [1.29, 1.82) is 0 Å². The number of hydrogen-bond donors (Lipinski definition) is 2. The molecule has 2 aliphatic rings. The number of nitrogens with two attached hydrogens (primary N) is 1. The summed E-state index contributed by atoms with van der Waals surface area (Å²) in [6.45, 7) is 0. The van der Waals surface area contributed by atoms with E-state index in [1.807, 2.05) is 0 Å². The molecule has 0 aromatic carbocycles. The summed E-state index contributed by atoms with van der Waals surface area (Å²) in [6.07, 6.45) is 9.92. The van der Waals surface area contributed by atoms with Gasteiger partial charge < -0.3 is 10.9 Å². The zero-order valence-electron chi connectivity index (χ0n) is 12.3. The molecule has 0 unspecified atom stereocenters. The highest BCUT2D eigenvalue weighted by Crippen LogP contribution is 2.33. The number of oxime groups is 1. The first kappa shape index (κ1) is 14.7. The Morgan fingerprint density at radius 1 is 1.29 bits per heavy atom. The molecule has 0 radical (unpaired) electrons. The molecule has 3 N–H and O–H groups in total. The third-order valence-corrected chi connectivity index (χ3v) is 5.80. The van der Waals surface area contributed by atoms with E-state index in [4.69, 9.17) is 15.9 Å². The second-order valence-electron chi connectivity index (χ2n) is 6.10. The molecular weight excluding hydrogens is 282 g/mol. The van der Waals surface area contributed by atoms with Crippen molar-refractivity contribution in [3.8, 4) is 0 Å². The van der Waals surface area contributed by atoms with Gasteiger partial charge in [0.25, 0.3) is 0 Å². The van der Waals surface area contributed by atoms with E-state index in [9.17, 15) is 0 Å². The lowest BCUT2D eigenvalue weighted by atomic mass is 9.95. The second-order valence-corrected chi connectivity index (χ2v) is 7.11. The predicted molar refractivity (Wildman–Crippen MR) is 86.1 cm³/mol. The largest absolute Gasteiger partial charge is 0.409 e. The fourth-order valence-corrected chi connectivity index (χ4v) is 4.56. The molecule has 5 heteroatoms. The summed E-state index contributed by atoms with van der Waals surface area (Å²) in [5.41, 5.74) is 9.15. The Labute approximate surface area is 130 Å². The van der Waals surface area contributed by atoms with Crippen molar-refractivity contribution in [1.82, 2.24) is 4.98 Å². The lowest BCUT2D eigenvalue weighted by Gasteiger charge is -2.18. The van der Waals surface area contributed by atoms with Gasteiger partial charge in [0.2, 0.25) is 0 Å². The lowest BCUT2D eigenvalue weighted by Crippen LogP contribution is -2.18. The van der Waals surface area contributed by atoms with Crippen molar-refractivity contribution in [2.75, 3.05) is 5.75 Å². The van der Waals surface area contributed by atoms with Gasteiger partial charge >= 0.3 is 0 Å². The molecule has 1 aromatic rings. The van der Waals surface area contributed by atoms with Crippen molar-refractivity contribution >= 4 is 17.6 Å². The fraction of sp³-hybridized carbons (Fsp3) is 0.625. The molecule has 0 atom stereocenters. The number of aryl methyl sites for hydroxylation is 2. The van der Waals surface area contributed by atoms with Crippen LogP contribution in [0.4, 0.5) is 0 Å². The van der Waals surface area contributed by atoms with E-state index in [-0.39, 0.29) is 5.84 Å². The van der Waals surface area contributed by atoms with E-state index in [1.165, 1.54) is 49.8 Å². The minimum absolute atomic E-state index is 0.185. The summed E-state index contributed by atoms with van der Waals surface area (Å²) in [5, 5.41) is 13.2. The number of nitrogens with zero attached hydrogens (tertiary/aromatic N) is 2. The summed E-state index contributed by atoms with van der Waals surface area (Å²) in [5.74, 6) is 2.08. The van der Waals surface area contributed by atoms with Gasteiger partial charge in [-0.3, -0.25) is 0 Å². The second kappa shape index (κ2) is 6.69. The highest BCUT2D eigenvalue weighted by atomic mass is 32.2. The Kier molecular flexibility index (Phi) is 4.68. The van der Waals surface area contributed by atoms with E-state index in [2.05, 4.69) is 11.2 Å². The molecule has 1 aromatic heterocycles. The maximum Gasteiger partial charge on any atom is 0.172 e. The third kappa shape index (κ3) is 3.34. The van der Waals surface area contributed by atoms with Crippen LogP contribution in [0.2, 0.25) is 0 Å². The van der Waals surface area contributed by atoms with Crippen LogP contribution in [0, 0.1) is 5.92 Å². The van der Waals surface area contributed by atoms with Gasteiger partial charge in [-0.2, -0.15) is 0 Å². The lowest BCUT2D eigenvalue weighted by molar-refractivity contribution is 0.318. The number of fused-ring (bicyclic) bond motifs is 1. The van der Waals surface area contributed by atoms with Gasteiger partial charge in [0.1, 0.15) is 5.03 Å². The van der Waals surface area contributed by atoms with Crippen molar-refractivity contribution in [3.05, 3.63) is 22.9 Å². The number of rotatable bonds is 4. The molecule has 0 aliphatic heterocycles. The Balaban J connectivity index is 1.84. The van der Waals surface area contributed by atoms with Crippen molar-refractivity contribution < 1.29 is 5.21 Å². The topological polar surface area (TPSA) is 71.5 Å². The average Bonchev–Trinajstić information content (AvgIpc) is 3.04. The Bertz CT molecular complexity index is 539. The van der Waals surface area contributed by atoms with Crippen LogP contribution >= 0.6 is 11.8 Å². The number of aromatic nitrogens is 1. The molecule has 2 aliphatic carbocycles. The van der Waals surface area contributed by atoms with Gasteiger partial charge in [-0.1, -0.05) is 18.0 Å². The molecule has 0 saturated heterocycles. The minimum atomic E-state index is 0.185. The summed E-state index contributed by atoms with van der Waals surface area (Å²) < 4.78 is 0. The molecular formula is C16H23N3OS. The van der Waals surface area contributed by atoms with Gasteiger partial charge in [-0.05, 0) is 56.1 Å². The van der Waals surface area contributed by atoms with Crippen LogP contribution in [0.25, 0.3) is 0 Å². The van der Waals surface area contributed by atoms with Crippen LogP contribution in [0.5, 0.6) is 0 Å². The first-order chi connectivity index (χ1) is 10.3. The zero-order valence-corrected chi connectivity index (χ0v) is 13.2. The minimum Gasteiger partial charge on any atom is -0.409 e. The van der Waals surface area contributed by atoms with Crippen LogP contribution in [-0.4, -0.2) is 21.8 Å². The molecule has 3 rings (SSSR count). The molecule has 0 spiro atoms. The highest BCUT2D eigenvalue weighted by molar-refractivity contribution is 7.99. The maximum absolute atomic E-state index is 9.02. The molecule has 0 bridgehead atoms. The molecule has 0 amide bonds. The Hall–Kier alpha value is -1.23. The van der Waals surface area contributed by atoms with Crippen molar-refractivity contribution in [2.45, 2.75) is 56.4 Å². The number of hydrogen-bond acceptors (Lipinski definition) is 4. The quantitative estimate of drug-likeness (QED) is 0.294. The average molecular weight is 305 g/mol. The Morgan fingerprint density at radius 3 is 2.81 bits per heavy atom. The molecule has 1 saturated carbocycles. The molecule has 4 nitrogen and oxygen atoms in total. The van der Waals surface area contributed by atoms with Crippen LogP contribution in [0.3, 0.4) is 0 Å². The SMILES string of the molecule is NC(=NO)c1cc2c(nc1SCC1CCCC1)CCCC2. The predicted octanol–water partition coefficient (Wildman–Crippen LogP) is 3.34. The molecule has 114 valence electrons. The van der Waals surface area contributed by atoms with E-state index in [0.717, 1.165) is 35.1 Å². The number of amidine groups is 1. The molecule has 21 heavy (non-hydrogen) atoms. The highest BCUT2D eigenvalue weighted by Gasteiger charge is 2.20. The standard InChI is InChI=1S/C16H23N3OS/c17-15(19-20)13-9-12-7-3-4-8-14(12)18-16(13)21-10-11-5-1-2-6-11/h9,11,20H,1-8,10H2,(H2,17,19). The smallest absolute Gasteiger partial charge is 0.172 e. The summed E-state index contributed by atoms with van der Waals surface area (Å²) in [6, 6.07) is 2.09. The maximum atomic E-state index is 9.02. The number of pyridine rings is 1. The summed E-state index contributed by atoms with van der Waals surface area (Å²) in [7, 11) is 0. The number of thioether (sulfide) groups is 1. The van der Waals surface area contributed by atoms with Gasteiger partial charge in [-0.25, -0.2) is 4.98 Å². The van der Waals surface area contributed by atoms with E-state index >= 15 is 0 Å². The third-order valence-electron chi connectivity index (χ3n) is 4.58. The fourth-order valence-electron chi connectivity index (χ4n) is 3.34. The molecule has 1 heterocycles. The van der Waals surface area contributed by atoms with Crippen LogP contribution in [-0.2, 0) is 12.8 Å². The van der Waals surface area contributed by atoms with E-state index in [0.29, 0.717) is 0 Å². The summed E-state index contributed by atoms with van der Waals surface area (Å²) in [4.78, 5) is 4.83. The zero-order chi connectivity index (χ0) is 14.7. The Morgan fingerprint density at radius 2 is 2.05 bits per heavy atom. The van der Waals surface area contributed by atoms with Crippen molar-refractivity contribution in [2.24, 2.45) is 16.8 Å². The first-order valence-corrected chi connectivity index (χ1v) is 8.90. The van der Waals surface area contributed by atoms with Gasteiger partial charge in [0.15, 0.2) is 5.84 Å². The summed E-state index contributed by atoms with van der Waals surface area (Å²) >= 11 is 1.78. The van der Waals surface area contributed by atoms with Gasteiger partial charge in [-0.15, -0.1) is 11.8 Å². The first-order valence-electron chi connectivity index (χ1n) is 7.91. The normalized spacial score (nSPS) is 19.7. The van der Waals surface area contributed by atoms with Crippen LogP contribution in [0.15, 0.2) is 16.2 Å². The van der Waals surface area contributed by atoms with Crippen molar-refractivity contribution in [3.63, 3.8) is 0 Å².